The van der Waals surface area contributed by atoms with E-state index in [-0.39, 0.29) is 11.3 Å². The van der Waals surface area contributed by atoms with Crippen LogP contribution in [0.15, 0.2) is 72.8 Å². The zero-order chi connectivity index (χ0) is 17.3. The molecule has 0 unspecified atom stereocenters. The molecule has 0 saturated heterocycles. The number of aromatic hydroxyl groups is 1. The van der Waals surface area contributed by atoms with Gasteiger partial charge in [0.25, 0.3) is 0 Å². The van der Waals surface area contributed by atoms with E-state index in [0.717, 1.165) is 0 Å². The van der Waals surface area contributed by atoms with Crippen molar-refractivity contribution in [3.05, 3.63) is 85.1 Å². The Morgan fingerprint density at radius 2 is 1.58 bits per heavy atom. The Balaban J connectivity index is 2.13. The highest BCUT2D eigenvalue weighted by molar-refractivity contribution is 9.10. The van der Waals surface area contributed by atoms with Crippen molar-refractivity contribution < 1.29 is 14.3 Å². The Morgan fingerprint density at radius 3 is 2.21 bits per heavy atom. The molecule has 0 aliphatic carbocycles. The fraction of sp³-hybridized carbons (Fsp3) is 0. The second kappa shape index (κ2) is 6.75. The van der Waals surface area contributed by atoms with Crippen molar-refractivity contribution in [2.75, 3.05) is 0 Å². The van der Waals surface area contributed by atoms with Crippen molar-refractivity contribution in [2.24, 2.45) is 0 Å². The van der Waals surface area contributed by atoms with E-state index in [4.69, 9.17) is 4.42 Å². The van der Waals surface area contributed by atoms with Gasteiger partial charge in [-0.05, 0) is 18.2 Å². The molecule has 0 aliphatic heterocycles. The minimum atomic E-state index is -0.887. The maximum atomic E-state index is 12.6. The largest absolute Gasteiger partial charge is 0.507 e. The molecule has 0 radical (unpaired) electrons. The highest BCUT2D eigenvalue weighted by atomic mass is 79.9. The first-order chi connectivity index (χ1) is 11.5. The number of rotatable bonds is 3. The van der Waals surface area contributed by atoms with Gasteiger partial charge >= 0.3 is 5.63 Å². The van der Waals surface area contributed by atoms with Crippen molar-refractivity contribution in [3.63, 3.8) is 0 Å². The highest BCUT2D eigenvalue weighted by Crippen LogP contribution is 2.31. The number of hydrogen-bond donors (Lipinski definition) is 1. The summed E-state index contributed by atoms with van der Waals surface area (Å²) in [5.41, 5.74) is -0.405. The van der Waals surface area contributed by atoms with Crippen LogP contribution in [0.2, 0.25) is 0 Å². The molecule has 0 aliphatic rings. The van der Waals surface area contributed by atoms with Gasteiger partial charge in [0.15, 0.2) is 0 Å². The lowest BCUT2D eigenvalue weighted by molar-refractivity contribution is 0.103. The van der Waals surface area contributed by atoms with E-state index < -0.39 is 22.7 Å². The van der Waals surface area contributed by atoms with E-state index in [0.29, 0.717) is 14.5 Å². The van der Waals surface area contributed by atoms with Gasteiger partial charge < -0.3 is 9.52 Å². The smallest absolute Gasteiger partial charge is 0.351 e. The third-order valence-electron chi connectivity index (χ3n) is 3.42. The van der Waals surface area contributed by atoms with Crippen LogP contribution in [0.3, 0.4) is 0 Å². The molecule has 0 atom stereocenters. The van der Waals surface area contributed by atoms with E-state index in [1.165, 1.54) is 6.07 Å². The molecular formula is C18H10Br2O4. The summed E-state index contributed by atoms with van der Waals surface area (Å²) >= 11 is 6.62. The summed E-state index contributed by atoms with van der Waals surface area (Å²) < 4.78 is 6.49. The lowest BCUT2D eigenvalue weighted by Gasteiger charge is -2.07. The second-order valence-corrected chi connectivity index (χ2v) is 6.66. The van der Waals surface area contributed by atoms with E-state index in [1.807, 2.05) is 6.07 Å². The third kappa shape index (κ3) is 3.07. The van der Waals surface area contributed by atoms with Crippen LogP contribution in [-0.2, 0) is 0 Å². The van der Waals surface area contributed by atoms with Gasteiger partial charge in [0.1, 0.15) is 17.1 Å². The molecule has 0 amide bonds. The molecule has 1 heterocycles. The predicted octanol–water partition coefficient (Wildman–Crippen LogP) is 4.77. The molecule has 6 heteroatoms. The van der Waals surface area contributed by atoms with Gasteiger partial charge in [0.2, 0.25) is 5.78 Å². The van der Waals surface area contributed by atoms with Crippen LogP contribution >= 0.6 is 31.9 Å². The molecule has 0 fully saturated rings. The first-order valence-corrected chi connectivity index (χ1v) is 8.49. The normalized spacial score (nSPS) is 10.6. The van der Waals surface area contributed by atoms with Gasteiger partial charge in [-0.3, -0.25) is 4.79 Å². The summed E-state index contributed by atoms with van der Waals surface area (Å²) in [7, 11) is 0. The average Bonchev–Trinajstić information content (AvgIpc) is 2.54. The summed E-state index contributed by atoms with van der Waals surface area (Å²) in [5.74, 6) is -0.848. The lowest BCUT2D eigenvalue weighted by Crippen LogP contribution is -2.16. The first kappa shape index (κ1) is 16.7. The average molecular weight is 450 g/mol. The Hall–Kier alpha value is -2.18. The lowest BCUT2D eigenvalue weighted by atomic mass is 10.0. The Kier molecular flexibility index (Phi) is 4.69. The minimum absolute atomic E-state index is 0.175. The summed E-state index contributed by atoms with van der Waals surface area (Å²) in [6, 6.07) is 15.0. The number of carbonyl (C=O) groups excluding carboxylic acids is 1. The van der Waals surface area contributed by atoms with E-state index in [2.05, 4.69) is 31.9 Å². The van der Waals surface area contributed by atoms with Gasteiger partial charge in [-0.25, -0.2) is 4.79 Å². The number of hydrogen-bond acceptors (Lipinski definition) is 4. The number of halogens is 2. The minimum Gasteiger partial charge on any atom is -0.507 e. The molecule has 1 aromatic heterocycles. The topological polar surface area (TPSA) is 67.5 Å². The quantitative estimate of drug-likeness (QED) is 0.585. The van der Waals surface area contributed by atoms with Gasteiger partial charge in [-0.2, -0.15) is 0 Å². The summed E-state index contributed by atoms with van der Waals surface area (Å²) in [6.07, 6.45) is 0. The van der Waals surface area contributed by atoms with Crippen LogP contribution in [0, 0.1) is 0 Å². The SMILES string of the molecule is O=C(c1ccccc1Br)c1c(O)cc(-c2ccccc2Br)oc1=O. The monoisotopic (exact) mass is 448 g/mol. The molecule has 3 aromatic rings. The molecule has 1 N–H and O–H groups in total. The molecule has 0 saturated carbocycles. The maximum absolute atomic E-state index is 12.6. The highest BCUT2D eigenvalue weighted by Gasteiger charge is 2.22. The molecule has 0 bridgehead atoms. The standard InChI is InChI=1S/C18H10Br2O4/c19-12-7-3-1-5-10(12)15-9-14(21)16(18(23)24-15)17(22)11-6-2-4-8-13(11)20/h1-9,21H. The van der Waals surface area contributed by atoms with Crippen LogP contribution in [-0.4, -0.2) is 10.9 Å². The first-order valence-electron chi connectivity index (χ1n) is 6.90. The molecular weight excluding hydrogens is 440 g/mol. The van der Waals surface area contributed by atoms with Crippen LogP contribution in [0.4, 0.5) is 0 Å². The number of benzene rings is 2. The van der Waals surface area contributed by atoms with Crippen molar-refractivity contribution in [2.45, 2.75) is 0 Å². The van der Waals surface area contributed by atoms with Crippen molar-refractivity contribution in [3.8, 4) is 17.1 Å². The van der Waals surface area contributed by atoms with E-state index >= 15 is 0 Å². The van der Waals surface area contributed by atoms with Crippen LogP contribution < -0.4 is 5.63 Å². The van der Waals surface area contributed by atoms with Gasteiger partial charge in [0, 0.05) is 26.1 Å². The number of ketones is 1. The summed E-state index contributed by atoms with van der Waals surface area (Å²) in [5, 5.41) is 10.2. The maximum Gasteiger partial charge on any atom is 0.351 e. The van der Waals surface area contributed by atoms with Crippen molar-refractivity contribution in [1.29, 1.82) is 0 Å². The summed E-state index contributed by atoms with van der Waals surface area (Å²) in [4.78, 5) is 24.9. The molecule has 4 nitrogen and oxygen atoms in total. The fourth-order valence-corrected chi connectivity index (χ4v) is 3.21. The third-order valence-corrected chi connectivity index (χ3v) is 4.80. The molecule has 24 heavy (non-hydrogen) atoms. The predicted molar refractivity (Wildman–Crippen MR) is 97.4 cm³/mol. The van der Waals surface area contributed by atoms with E-state index in [9.17, 15) is 14.7 Å². The zero-order valence-electron chi connectivity index (χ0n) is 12.1. The van der Waals surface area contributed by atoms with Gasteiger partial charge in [-0.15, -0.1) is 0 Å². The molecule has 0 spiro atoms. The molecule has 120 valence electrons. The van der Waals surface area contributed by atoms with Gasteiger partial charge in [-0.1, -0.05) is 62.2 Å². The summed E-state index contributed by atoms with van der Waals surface area (Å²) in [6.45, 7) is 0. The van der Waals surface area contributed by atoms with Crippen LogP contribution in [0.5, 0.6) is 5.75 Å². The van der Waals surface area contributed by atoms with Crippen LogP contribution in [0.1, 0.15) is 15.9 Å². The van der Waals surface area contributed by atoms with E-state index in [1.54, 1.807) is 42.5 Å². The Labute approximate surface area is 154 Å². The Bertz CT molecular complexity index is 992. The Morgan fingerprint density at radius 1 is 0.958 bits per heavy atom. The van der Waals surface area contributed by atoms with Gasteiger partial charge in [0.05, 0.1) is 0 Å². The molecule has 3 rings (SSSR count). The fourth-order valence-electron chi connectivity index (χ4n) is 2.26. The molecule has 2 aromatic carbocycles. The zero-order valence-corrected chi connectivity index (χ0v) is 15.3. The van der Waals surface area contributed by atoms with Crippen molar-refractivity contribution >= 4 is 37.6 Å². The second-order valence-electron chi connectivity index (χ2n) is 4.95. The van der Waals surface area contributed by atoms with Crippen LogP contribution in [0.25, 0.3) is 11.3 Å². The number of carbonyl (C=O) groups is 1. The van der Waals surface area contributed by atoms with Crippen molar-refractivity contribution in [1.82, 2.24) is 0 Å².